The van der Waals surface area contributed by atoms with Gasteiger partial charge in [0.2, 0.25) is 5.91 Å². The number of thioether (sulfide) groups is 1. The number of amides is 2. The normalized spacial score (nSPS) is 18.4. The van der Waals surface area contributed by atoms with Gasteiger partial charge in [-0.15, -0.1) is 11.8 Å². The lowest BCUT2D eigenvalue weighted by Gasteiger charge is -2.27. The number of carbonyl (C=O) groups is 2. The Morgan fingerprint density at radius 2 is 1.95 bits per heavy atom. The highest BCUT2D eigenvalue weighted by Gasteiger charge is 2.37. The maximum absolute atomic E-state index is 12.3. The molecular weight excluding hydrogens is 288 g/mol. The molecule has 2 amide bonds. The maximum Gasteiger partial charge on any atom is 0.411 e. The molecule has 2 rings (SSSR count). The number of nitrogens with zero attached hydrogens (tertiary/aromatic N) is 1. The van der Waals surface area contributed by atoms with E-state index < -0.39 is 17.7 Å². The molecule has 6 heteroatoms. The fraction of sp³-hybridized carbons (Fsp3) is 0.467. The van der Waals surface area contributed by atoms with Crippen molar-refractivity contribution >= 4 is 29.4 Å². The molecule has 1 atom stereocenters. The SMILES string of the molecule is CC(C)(C)OC(=O)N1CSC[C@@H]1C(=O)Nc1ccccc1. The molecule has 1 aliphatic rings. The van der Waals surface area contributed by atoms with Crippen molar-refractivity contribution in [3.05, 3.63) is 30.3 Å². The van der Waals surface area contributed by atoms with Gasteiger partial charge in [0.25, 0.3) is 0 Å². The van der Waals surface area contributed by atoms with Gasteiger partial charge in [0, 0.05) is 11.4 Å². The molecular formula is C15H20N2O3S. The lowest BCUT2D eigenvalue weighted by Crippen LogP contribution is -2.46. The van der Waals surface area contributed by atoms with Crippen LogP contribution in [0, 0.1) is 0 Å². The molecule has 21 heavy (non-hydrogen) atoms. The Hall–Kier alpha value is -1.69. The summed E-state index contributed by atoms with van der Waals surface area (Å²) in [7, 11) is 0. The Labute approximate surface area is 129 Å². The van der Waals surface area contributed by atoms with E-state index in [1.165, 1.54) is 4.90 Å². The van der Waals surface area contributed by atoms with Gasteiger partial charge >= 0.3 is 6.09 Å². The van der Waals surface area contributed by atoms with Crippen molar-refractivity contribution in [1.82, 2.24) is 4.90 Å². The number of para-hydroxylation sites is 1. The molecule has 1 aromatic rings. The minimum atomic E-state index is -0.565. The Morgan fingerprint density at radius 3 is 2.57 bits per heavy atom. The zero-order chi connectivity index (χ0) is 15.5. The van der Waals surface area contributed by atoms with Gasteiger partial charge in [-0.25, -0.2) is 4.79 Å². The number of carbonyl (C=O) groups excluding carboxylic acids is 2. The van der Waals surface area contributed by atoms with Crippen molar-refractivity contribution in [3.8, 4) is 0 Å². The first-order chi connectivity index (χ1) is 9.87. The molecule has 0 saturated carbocycles. The van der Waals surface area contributed by atoms with E-state index in [2.05, 4.69) is 5.32 Å². The third kappa shape index (κ3) is 4.39. The number of hydrogen-bond acceptors (Lipinski definition) is 4. The van der Waals surface area contributed by atoms with Crippen LogP contribution in [0.15, 0.2) is 30.3 Å². The third-order valence-electron chi connectivity index (χ3n) is 2.85. The first-order valence-corrected chi connectivity index (χ1v) is 7.95. The summed E-state index contributed by atoms with van der Waals surface area (Å²) in [5.74, 6) is 0.872. The summed E-state index contributed by atoms with van der Waals surface area (Å²) in [6.07, 6.45) is -0.444. The molecule has 114 valence electrons. The van der Waals surface area contributed by atoms with E-state index in [1.807, 2.05) is 51.1 Å². The largest absolute Gasteiger partial charge is 0.444 e. The molecule has 5 nitrogen and oxygen atoms in total. The third-order valence-corrected chi connectivity index (χ3v) is 3.87. The standard InChI is InChI=1S/C15H20N2O3S/c1-15(2,3)20-14(19)17-10-21-9-12(17)13(18)16-11-7-5-4-6-8-11/h4-8,12H,9-10H2,1-3H3,(H,16,18)/t12-/m1/s1. The van der Waals surface area contributed by atoms with Gasteiger partial charge in [-0.3, -0.25) is 9.69 Å². The van der Waals surface area contributed by atoms with Crippen LogP contribution in [-0.4, -0.2) is 40.2 Å². The average Bonchev–Trinajstić information content (AvgIpc) is 2.87. The zero-order valence-corrected chi connectivity index (χ0v) is 13.3. The second-order valence-corrected chi connectivity index (χ2v) is 6.82. The van der Waals surface area contributed by atoms with Crippen LogP contribution in [0.25, 0.3) is 0 Å². The van der Waals surface area contributed by atoms with Gasteiger partial charge in [0.1, 0.15) is 11.6 Å². The van der Waals surface area contributed by atoms with Crippen molar-refractivity contribution in [3.63, 3.8) is 0 Å². The number of nitrogens with one attached hydrogen (secondary N) is 1. The first-order valence-electron chi connectivity index (χ1n) is 6.80. The number of anilines is 1. The highest BCUT2D eigenvalue weighted by molar-refractivity contribution is 7.99. The van der Waals surface area contributed by atoms with Crippen molar-refractivity contribution in [2.75, 3.05) is 16.9 Å². The fourth-order valence-corrected chi connectivity index (χ4v) is 3.05. The number of benzene rings is 1. The molecule has 0 aromatic heterocycles. The Morgan fingerprint density at radius 1 is 1.29 bits per heavy atom. The van der Waals surface area contributed by atoms with Crippen molar-refractivity contribution in [2.24, 2.45) is 0 Å². The van der Waals surface area contributed by atoms with E-state index >= 15 is 0 Å². The lowest BCUT2D eigenvalue weighted by atomic mass is 10.2. The highest BCUT2D eigenvalue weighted by Crippen LogP contribution is 2.24. The van der Waals surface area contributed by atoms with Gasteiger partial charge in [0.15, 0.2) is 0 Å². The Bertz CT molecular complexity index is 513. The van der Waals surface area contributed by atoms with Crippen LogP contribution >= 0.6 is 11.8 Å². The van der Waals surface area contributed by atoms with E-state index in [0.29, 0.717) is 11.6 Å². The molecule has 1 aromatic carbocycles. The van der Waals surface area contributed by atoms with E-state index in [1.54, 1.807) is 11.8 Å². The molecule has 0 unspecified atom stereocenters. The molecule has 0 aliphatic carbocycles. The summed E-state index contributed by atoms with van der Waals surface area (Å²) in [4.78, 5) is 25.9. The summed E-state index contributed by atoms with van der Waals surface area (Å²) in [6, 6.07) is 8.73. The van der Waals surface area contributed by atoms with E-state index in [4.69, 9.17) is 4.74 Å². The summed E-state index contributed by atoms with van der Waals surface area (Å²) in [6.45, 7) is 5.44. The van der Waals surface area contributed by atoms with Gasteiger partial charge in [-0.1, -0.05) is 18.2 Å². The van der Waals surface area contributed by atoms with Gasteiger partial charge in [0.05, 0.1) is 5.88 Å². The minimum absolute atomic E-state index is 0.183. The molecule has 0 spiro atoms. The van der Waals surface area contributed by atoms with Crippen LogP contribution in [0.2, 0.25) is 0 Å². The van der Waals surface area contributed by atoms with Crippen molar-refractivity contribution < 1.29 is 14.3 Å². The number of hydrogen-bond donors (Lipinski definition) is 1. The lowest BCUT2D eigenvalue weighted by molar-refractivity contribution is -0.120. The Balaban J connectivity index is 2.01. The smallest absolute Gasteiger partial charge is 0.411 e. The van der Waals surface area contributed by atoms with Crippen molar-refractivity contribution in [1.29, 1.82) is 0 Å². The quantitative estimate of drug-likeness (QED) is 0.912. The van der Waals surface area contributed by atoms with Crippen LogP contribution in [0.5, 0.6) is 0 Å². The molecule has 1 heterocycles. The molecule has 1 aliphatic heterocycles. The van der Waals surface area contributed by atoms with E-state index in [-0.39, 0.29) is 5.91 Å². The molecule has 0 bridgehead atoms. The number of rotatable bonds is 2. The summed E-state index contributed by atoms with van der Waals surface area (Å²) in [5, 5.41) is 2.83. The second kappa shape index (κ2) is 6.39. The van der Waals surface area contributed by atoms with Crippen LogP contribution in [-0.2, 0) is 9.53 Å². The molecule has 1 fully saturated rings. The number of ether oxygens (including phenoxy) is 1. The van der Waals surface area contributed by atoms with Gasteiger partial charge in [-0.2, -0.15) is 0 Å². The summed E-state index contributed by atoms with van der Waals surface area (Å²) >= 11 is 1.55. The fourth-order valence-electron chi connectivity index (χ4n) is 1.91. The van der Waals surface area contributed by atoms with Gasteiger partial charge in [-0.05, 0) is 32.9 Å². The zero-order valence-electron chi connectivity index (χ0n) is 12.5. The van der Waals surface area contributed by atoms with Crippen LogP contribution < -0.4 is 5.32 Å². The summed E-state index contributed by atoms with van der Waals surface area (Å²) < 4.78 is 5.35. The Kier molecular flexibility index (Phi) is 4.77. The van der Waals surface area contributed by atoms with Crippen LogP contribution in [0.1, 0.15) is 20.8 Å². The van der Waals surface area contributed by atoms with E-state index in [0.717, 1.165) is 5.69 Å². The summed E-state index contributed by atoms with van der Waals surface area (Å²) in [5.41, 5.74) is 0.161. The highest BCUT2D eigenvalue weighted by atomic mass is 32.2. The predicted molar refractivity (Wildman–Crippen MR) is 84.3 cm³/mol. The monoisotopic (exact) mass is 308 g/mol. The van der Waals surface area contributed by atoms with Crippen LogP contribution in [0.4, 0.5) is 10.5 Å². The van der Waals surface area contributed by atoms with Crippen molar-refractivity contribution in [2.45, 2.75) is 32.4 Å². The van der Waals surface area contributed by atoms with Gasteiger partial charge < -0.3 is 10.1 Å². The first kappa shape index (κ1) is 15.7. The molecule has 0 radical (unpaired) electrons. The van der Waals surface area contributed by atoms with E-state index in [9.17, 15) is 9.59 Å². The average molecular weight is 308 g/mol. The van der Waals surface area contributed by atoms with Crippen LogP contribution in [0.3, 0.4) is 0 Å². The predicted octanol–water partition coefficient (Wildman–Crippen LogP) is 2.94. The second-order valence-electron chi connectivity index (χ2n) is 5.82. The molecule has 1 N–H and O–H groups in total. The minimum Gasteiger partial charge on any atom is -0.444 e. The maximum atomic E-state index is 12.3. The topological polar surface area (TPSA) is 58.6 Å². The molecule has 1 saturated heterocycles.